The fourth-order valence-electron chi connectivity index (χ4n) is 3.07. The van der Waals surface area contributed by atoms with Crippen molar-refractivity contribution in [1.29, 1.82) is 0 Å². The molecule has 6 heteroatoms. The third-order valence-electron chi connectivity index (χ3n) is 4.40. The largest absolute Gasteiger partial charge is 0.354 e. The summed E-state index contributed by atoms with van der Waals surface area (Å²) in [6.07, 6.45) is 10.0. The first-order valence-corrected chi connectivity index (χ1v) is 8.97. The van der Waals surface area contributed by atoms with Crippen molar-refractivity contribution in [3.8, 4) is 0 Å². The van der Waals surface area contributed by atoms with E-state index >= 15 is 0 Å². The molecule has 1 saturated carbocycles. The number of aromatic nitrogens is 1. The molecule has 1 aliphatic rings. The molecule has 1 aromatic heterocycles. The number of hydrogen-bond donors (Lipinski definition) is 2. The van der Waals surface area contributed by atoms with Gasteiger partial charge in [-0.15, -0.1) is 0 Å². The van der Waals surface area contributed by atoms with Gasteiger partial charge < -0.3 is 10.6 Å². The van der Waals surface area contributed by atoms with Crippen molar-refractivity contribution in [2.45, 2.75) is 44.6 Å². The van der Waals surface area contributed by atoms with Crippen LogP contribution in [0.25, 0.3) is 0 Å². The highest BCUT2D eigenvalue weighted by Crippen LogP contribution is 2.23. The van der Waals surface area contributed by atoms with Crippen molar-refractivity contribution in [1.82, 2.24) is 10.3 Å². The van der Waals surface area contributed by atoms with E-state index in [9.17, 15) is 9.18 Å². The lowest BCUT2D eigenvalue weighted by Gasteiger charge is -2.16. The molecule has 0 unspecified atom stereocenters. The summed E-state index contributed by atoms with van der Waals surface area (Å²) in [5, 5.41) is 6.23. The summed E-state index contributed by atoms with van der Waals surface area (Å²) >= 11 is 5.79. The second kappa shape index (κ2) is 8.30. The van der Waals surface area contributed by atoms with Gasteiger partial charge in [-0.2, -0.15) is 0 Å². The maximum atomic E-state index is 13.2. The number of rotatable bonds is 4. The number of pyridine rings is 1. The SMILES string of the molecule is O=C(NC1CCCCCC1)c1cncc(Nc2ccc(F)c(Cl)c2)c1. The zero-order valence-electron chi connectivity index (χ0n) is 13.9. The summed E-state index contributed by atoms with van der Waals surface area (Å²) < 4.78 is 13.2. The van der Waals surface area contributed by atoms with Crippen molar-refractivity contribution >= 4 is 28.9 Å². The van der Waals surface area contributed by atoms with Crippen molar-refractivity contribution in [2.75, 3.05) is 5.32 Å². The van der Waals surface area contributed by atoms with Crippen LogP contribution in [0.15, 0.2) is 36.7 Å². The fourth-order valence-corrected chi connectivity index (χ4v) is 3.25. The van der Waals surface area contributed by atoms with Crippen LogP contribution in [0.1, 0.15) is 48.9 Å². The zero-order chi connectivity index (χ0) is 17.6. The summed E-state index contributed by atoms with van der Waals surface area (Å²) in [6, 6.07) is 6.34. The molecule has 3 rings (SSSR count). The predicted octanol–water partition coefficient (Wildman–Crippen LogP) is 5.07. The molecule has 0 saturated heterocycles. The van der Waals surface area contributed by atoms with Gasteiger partial charge in [0.05, 0.1) is 22.5 Å². The van der Waals surface area contributed by atoms with Gasteiger partial charge in [-0.05, 0) is 37.1 Å². The van der Waals surface area contributed by atoms with E-state index in [-0.39, 0.29) is 17.0 Å². The Bertz CT molecular complexity index is 745. The first-order valence-electron chi connectivity index (χ1n) is 8.60. The minimum absolute atomic E-state index is 0.0419. The van der Waals surface area contributed by atoms with E-state index in [1.165, 1.54) is 25.0 Å². The highest BCUT2D eigenvalue weighted by molar-refractivity contribution is 6.31. The summed E-state index contributed by atoms with van der Waals surface area (Å²) in [5.74, 6) is -0.581. The van der Waals surface area contributed by atoms with Gasteiger partial charge >= 0.3 is 0 Å². The fraction of sp³-hybridized carbons (Fsp3) is 0.368. The van der Waals surface area contributed by atoms with Crippen LogP contribution in [-0.2, 0) is 0 Å². The molecule has 2 N–H and O–H groups in total. The average molecular weight is 362 g/mol. The summed E-state index contributed by atoms with van der Waals surface area (Å²) in [6.45, 7) is 0. The molecule has 1 heterocycles. The predicted molar refractivity (Wildman–Crippen MR) is 97.9 cm³/mol. The number of halogens is 2. The van der Waals surface area contributed by atoms with Crippen LogP contribution in [0.5, 0.6) is 0 Å². The maximum absolute atomic E-state index is 13.2. The molecule has 0 spiro atoms. The van der Waals surface area contributed by atoms with Gasteiger partial charge in [0, 0.05) is 17.9 Å². The van der Waals surface area contributed by atoms with Crippen LogP contribution < -0.4 is 10.6 Å². The van der Waals surface area contributed by atoms with E-state index in [1.54, 1.807) is 24.5 Å². The first kappa shape index (κ1) is 17.7. The molecule has 0 atom stereocenters. The van der Waals surface area contributed by atoms with Gasteiger partial charge in [-0.3, -0.25) is 9.78 Å². The Balaban J connectivity index is 1.67. The Labute approximate surface area is 151 Å². The molecule has 132 valence electrons. The lowest BCUT2D eigenvalue weighted by Crippen LogP contribution is -2.34. The maximum Gasteiger partial charge on any atom is 0.253 e. The molecule has 1 aliphatic carbocycles. The Morgan fingerprint density at radius 2 is 1.84 bits per heavy atom. The smallest absolute Gasteiger partial charge is 0.253 e. The molecular weight excluding hydrogens is 341 g/mol. The van der Waals surface area contributed by atoms with Gasteiger partial charge in [-0.25, -0.2) is 4.39 Å². The van der Waals surface area contributed by atoms with Crippen LogP contribution >= 0.6 is 11.6 Å². The molecule has 1 aromatic carbocycles. The molecule has 25 heavy (non-hydrogen) atoms. The molecule has 1 fully saturated rings. The molecule has 0 radical (unpaired) electrons. The van der Waals surface area contributed by atoms with Crippen molar-refractivity contribution < 1.29 is 9.18 Å². The van der Waals surface area contributed by atoms with Gasteiger partial charge in [-0.1, -0.05) is 37.3 Å². The lowest BCUT2D eigenvalue weighted by atomic mass is 10.1. The Morgan fingerprint density at radius 1 is 1.08 bits per heavy atom. The molecule has 0 bridgehead atoms. The number of carbonyl (C=O) groups excluding carboxylic acids is 1. The van der Waals surface area contributed by atoms with E-state index in [0.717, 1.165) is 25.7 Å². The lowest BCUT2D eigenvalue weighted by molar-refractivity contribution is 0.0933. The van der Waals surface area contributed by atoms with Crippen LogP contribution in [0.2, 0.25) is 5.02 Å². The van der Waals surface area contributed by atoms with Crippen LogP contribution in [0.4, 0.5) is 15.8 Å². The van der Waals surface area contributed by atoms with E-state index in [1.807, 2.05) is 0 Å². The second-order valence-corrected chi connectivity index (χ2v) is 6.79. The normalized spacial score (nSPS) is 15.4. The third-order valence-corrected chi connectivity index (χ3v) is 4.69. The zero-order valence-corrected chi connectivity index (χ0v) is 14.7. The highest BCUT2D eigenvalue weighted by atomic mass is 35.5. The summed E-state index contributed by atoms with van der Waals surface area (Å²) in [7, 11) is 0. The Morgan fingerprint density at radius 3 is 2.56 bits per heavy atom. The number of carbonyl (C=O) groups is 1. The quantitative estimate of drug-likeness (QED) is 0.747. The summed E-state index contributed by atoms with van der Waals surface area (Å²) in [4.78, 5) is 16.6. The molecule has 0 aliphatic heterocycles. The van der Waals surface area contributed by atoms with E-state index in [2.05, 4.69) is 15.6 Å². The van der Waals surface area contributed by atoms with E-state index in [0.29, 0.717) is 16.9 Å². The summed E-state index contributed by atoms with van der Waals surface area (Å²) in [5.41, 5.74) is 1.79. The Hall–Kier alpha value is -2.14. The van der Waals surface area contributed by atoms with Crippen molar-refractivity contribution in [3.05, 3.63) is 53.1 Å². The van der Waals surface area contributed by atoms with Crippen molar-refractivity contribution in [2.24, 2.45) is 0 Å². The minimum Gasteiger partial charge on any atom is -0.354 e. The molecule has 1 amide bonds. The minimum atomic E-state index is -0.470. The van der Waals surface area contributed by atoms with Gasteiger partial charge in [0.2, 0.25) is 0 Å². The van der Waals surface area contributed by atoms with Gasteiger partial charge in [0.25, 0.3) is 5.91 Å². The number of nitrogens with one attached hydrogen (secondary N) is 2. The Kier molecular flexibility index (Phi) is 5.87. The number of anilines is 2. The van der Waals surface area contributed by atoms with Crippen LogP contribution in [0, 0.1) is 5.82 Å². The van der Waals surface area contributed by atoms with Crippen molar-refractivity contribution in [3.63, 3.8) is 0 Å². The molecular formula is C19H21ClFN3O. The number of nitrogens with zero attached hydrogens (tertiary/aromatic N) is 1. The van der Waals surface area contributed by atoms with Crippen LogP contribution in [-0.4, -0.2) is 16.9 Å². The topological polar surface area (TPSA) is 54.0 Å². The third kappa shape index (κ3) is 4.92. The first-order chi connectivity index (χ1) is 12.1. The van der Waals surface area contributed by atoms with Crippen LogP contribution in [0.3, 0.4) is 0 Å². The van der Waals surface area contributed by atoms with E-state index < -0.39 is 5.82 Å². The molecule has 4 nitrogen and oxygen atoms in total. The second-order valence-electron chi connectivity index (χ2n) is 6.38. The number of hydrogen-bond acceptors (Lipinski definition) is 3. The molecule has 2 aromatic rings. The number of benzene rings is 1. The monoisotopic (exact) mass is 361 g/mol. The number of amides is 1. The average Bonchev–Trinajstić information content (AvgIpc) is 2.87. The van der Waals surface area contributed by atoms with Gasteiger partial charge in [0.15, 0.2) is 0 Å². The highest BCUT2D eigenvalue weighted by Gasteiger charge is 2.16. The van der Waals surface area contributed by atoms with E-state index in [4.69, 9.17) is 11.6 Å². The standard InChI is InChI=1S/C19H21ClFN3O/c20-17-10-15(7-8-18(17)21)23-16-9-13(11-22-12-16)19(25)24-14-5-3-1-2-4-6-14/h7-12,14,23H,1-6H2,(H,24,25). The van der Waals surface area contributed by atoms with Gasteiger partial charge in [0.1, 0.15) is 5.82 Å².